The maximum absolute atomic E-state index is 13.0. The molecule has 0 radical (unpaired) electrons. The van der Waals surface area contributed by atoms with Crippen molar-refractivity contribution in [2.24, 2.45) is 0 Å². The molecule has 2 aliphatic rings. The molecule has 0 aromatic heterocycles. The first-order valence-corrected chi connectivity index (χ1v) is 9.88. The van der Waals surface area contributed by atoms with Crippen LogP contribution in [0.2, 0.25) is 0 Å². The fourth-order valence-electron chi connectivity index (χ4n) is 3.78. The Morgan fingerprint density at radius 2 is 1.92 bits per heavy atom. The molecule has 3 rings (SSSR count). The molecule has 1 N–H and O–H groups in total. The van der Waals surface area contributed by atoms with Crippen LogP contribution in [0.15, 0.2) is 23.1 Å². The average Bonchev–Trinajstić information content (AvgIpc) is 2.89. The third kappa shape index (κ3) is 3.69. The Morgan fingerprint density at radius 3 is 2.52 bits per heavy atom. The number of sulfonamides is 1. The van der Waals surface area contributed by atoms with Crippen molar-refractivity contribution in [3.8, 4) is 0 Å². The van der Waals surface area contributed by atoms with Crippen LogP contribution in [0.3, 0.4) is 0 Å². The van der Waals surface area contributed by atoms with Gasteiger partial charge in [0, 0.05) is 31.7 Å². The summed E-state index contributed by atoms with van der Waals surface area (Å²) in [5.41, 5.74) is 1.76. The molecule has 1 saturated heterocycles. The van der Waals surface area contributed by atoms with E-state index in [9.17, 15) is 13.2 Å². The minimum atomic E-state index is -3.51. The van der Waals surface area contributed by atoms with Crippen molar-refractivity contribution in [1.29, 1.82) is 0 Å². The fourth-order valence-corrected chi connectivity index (χ4v) is 5.25. The van der Waals surface area contributed by atoms with E-state index in [1.54, 1.807) is 37.1 Å². The molecule has 1 unspecified atom stereocenters. The molecule has 25 heavy (non-hydrogen) atoms. The predicted molar refractivity (Wildman–Crippen MR) is 101 cm³/mol. The Hall–Kier alpha value is -1.15. The summed E-state index contributed by atoms with van der Waals surface area (Å²) in [6, 6.07) is 5.24. The van der Waals surface area contributed by atoms with Gasteiger partial charge in [0.25, 0.3) is 0 Å². The van der Waals surface area contributed by atoms with Gasteiger partial charge in [-0.05, 0) is 63.0 Å². The normalized spacial score (nSPS) is 21.1. The number of benzene rings is 1. The number of nitrogens with zero attached hydrogens (tertiary/aromatic N) is 2. The van der Waals surface area contributed by atoms with Gasteiger partial charge in [-0.2, -0.15) is 4.31 Å². The van der Waals surface area contributed by atoms with Crippen LogP contribution < -0.4 is 10.2 Å². The summed E-state index contributed by atoms with van der Waals surface area (Å²) >= 11 is 0. The zero-order chi connectivity index (χ0) is 17.5. The van der Waals surface area contributed by atoms with E-state index in [2.05, 4.69) is 5.32 Å². The van der Waals surface area contributed by atoms with E-state index in [4.69, 9.17) is 0 Å². The van der Waals surface area contributed by atoms with Crippen LogP contribution in [0.1, 0.15) is 32.3 Å². The number of anilines is 1. The van der Waals surface area contributed by atoms with Crippen LogP contribution in [0.5, 0.6) is 0 Å². The number of carbonyl (C=O) groups is 1. The minimum Gasteiger partial charge on any atom is -0.317 e. The number of rotatable bonds is 3. The van der Waals surface area contributed by atoms with Crippen molar-refractivity contribution >= 4 is 34.0 Å². The van der Waals surface area contributed by atoms with Crippen LogP contribution in [0, 0.1) is 0 Å². The third-order valence-electron chi connectivity index (χ3n) is 5.11. The van der Waals surface area contributed by atoms with Crippen LogP contribution >= 0.6 is 12.4 Å². The van der Waals surface area contributed by atoms with Gasteiger partial charge in [0.15, 0.2) is 0 Å². The maximum atomic E-state index is 13.0. The summed E-state index contributed by atoms with van der Waals surface area (Å²) in [7, 11) is -1.84. The van der Waals surface area contributed by atoms with E-state index in [1.165, 1.54) is 4.31 Å². The summed E-state index contributed by atoms with van der Waals surface area (Å²) in [6.45, 7) is 5.22. The van der Waals surface area contributed by atoms with Crippen LogP contribution in [-0.4, -0.2) is 50.9 Å². The van der Waals surface area contributed by atoms with E-state index in [0.29, 0.717) is 11.3 Å². The SMILES string of the molecule is CC(=O)N1c2ccc(S(=O)(=O)N(C)C3CCNCC3)cc2CC1C.Cl. The third-order valence-corrected chi connectivity index (χ3v) is 7.01. The maximum Gasteiger partial charge on any atom is 0.243 e. The van der Waals surface area contributed by atoms with Gasteiger partial charge in [-0.25, -0.2) is 8.42 Å². The molecule has 6 nitrogen and oxygen atoms in total. The molecule has 0 spiro atoms. The summed E-state index contributed by atoms with van der Waals surface area (Å²) in [5.74, 6) is -0.0105. The highest BCUT2D eigenvalue weighted by molar-refractivity contribution is 7.89. The first kappa shape index (κ1) is 20.2. The molecular formula is C17H26ClN3O3S. The van der Waals surface area contributed by atoms with Gasteiger partial charge in [-0.3, -0.25) is 4.79 Å². The van der Waals surface area contributed by atoms with E-state index in [-0.39, 0.29) is 30.4 Å². The highest BCUT2D eigenvalue weighted by atomic mass is 35.5. The molecule has 1 aromatic rings. The van der Waals surface area contributed by atoms with Crippen molar-refractivity contribution in [2.75, 3.05) is 25.0 Å². The highest BCUT2D eigenvalue weighted by Crippen LogP contribution is 2.34. The summed E-state index contributed by atoms with van der Waals surface area (Å²) in [5, 5.41) is 3.26. The van der Waals surface area contributed by atoms with Crippen molar-refractivity contribution in [2.45, 2.75) is 50.1 Å². The van der Waals surface area contributed by atoms with Gasteiger partial charge < -0.3 is 10.2 Å². The molecule has 140 valence electrons. The van der Waals surface area contributed by atoms with Crippen molar-refractivity contribution in [3.05, 3.63) is 23.8 Å². The topological polar surface area (TPSA) is 69.7 Å². The largest absolute Gasteiger partial charge is 0.317 e. The average molecular weight is 388 g/mol. The molecule has 0 bridgehead atoms. The number of nitrogens with one attached hydrogen (secondary N) is 1. The van der Waals surface area contributed by atoms with E-state index < -0.39 is 10.0 Å². The van der Waals surface area contributed by atoms with Crippen LogP contribution in [-0.2, 0) is 21.2 Å². The molecular weight excluding hydrogens is 362 g/mol. The van der Waals surface area contributed by atoms with Crippen molar-refractivity contribution < 1.29 is 13.2 Å². The first-order chi connectivity index (χ1) is 11.3. The molecule has 0 aliphatic carbocycles. The lowest BCUT2D eigenvalue weighted by Gasteiger charge is -2.31. The lowest BCUT2D eigenvalue weighted by molar-refractivity contribution is -0.116. The first-order valence-electron chi connectivity index (χ1n) is 8.44. The molecule has 2 heterocycles. The van der Waals surface area contributed by atoms with E-state index in [1.807, 2.05) is 6.92 Å². The quantitative estimate of drug-likeness (QED) is 0.858. The Bertz CT molecular complexity index is 748. The second kappa shape index (κ2) is 7.61. The molecule has 0 saturated carbocycles. The van der Waals surface area contributed by atoms with E-state index in [0.717, 1.165) is 37.2 Å². The number of amides is 1. The Balaban J connectivity index is 0.00000225. The van der Waals surface area contributed by atoms with Crippen LogP contribution in [0.25, 0.3) is 0 Å². The van der Waals surface area contributed by atoms with Gasteiger partial charge in [-0.1, -0.05) is 0 Å². The van der Waals surface area contributed by atoms with Gasteiger partial charge in [0.05, 0.1) is 4.90 Å². The molecule has 1 amide bonds. The van der Waals surface area contributed by atoms with Gasteiger partial charge in [0.2, 0.25) is 15.9 Å². The minimum absolute atomic E-state index is 0. The molecule has 2 aliphatic heterocycles. The van der Waals surface area contributed by atoms with E-state index >= 15 is 0 Å². The van der Waals surface area contributed by atoms with Crippen LogP contribution in [0.4, 0.5) is 5.69 Å². The van der Waals surface area contributed by atoms with Crippen molar-refractivity contribution in [3.63, 3.8) is 0 Å². The molecule has 1 aromatic carbocycles. The number of halogens is 1. The zero-order valence-corrected chi connectivity index (χ0v) is 16.5. The lowest BCUT2D eigenvalue weighted by atomic mass is 10.1. The lowest BCUT2D eigenvalue weighted by Crippen LogP contribution is -2.43. The van der Waals surface area contributed by atoms with Crippen molar-refractivity contribution in [1.82, 2.24) is 9.62 Å². The highest BCUT2D eigenvalue weighted by Gasteiger charge is 2.33. The fraction of sp³-hybridized carbons (Fsp3) is 0.588. The van der Waals surface area contributed by atoms with Gasteiger partial charge in [-0.15, -0.1) is 12.4 Å². The Labute approximate surface area is 156 Å². The number of fused-ring (bicyclic) bond motifs is 1. The second-order valence-corrected chi connectivity index (χ2v) is 8.73. The number of hydrogen-bond acceptors (Lipinski definition) is 4. The van der Waals surface area contributed by atoms with Gasteiger partial charge >= 0.3 is 0 Å². The summed E-state index contributed by atoms with van der Waals surface area (Å²) in [4.78, 5) is 13.9. The van der Waals surface area contributed by atoms with Gasteiger partial charge in [0.1, 0.15) is 0 Å². The second-order valence-electron chi connectivity index (χ2n) is 6.74. The number of piperidine rings is 1. The summed E-state index contributed by atoms with van der Waals surface area (Å²) in [6.07, 6.45) is 2.35. The Kier molecular flexibility index (Phi) is 6.14. The standard InChI is InChI=1S/C17H25N3O3S.ClH/c1-12-10-14-11-16(4-5-17(14)20(12)13(2)21)24(22,23)19(3)15-6-8-18-9-7-15;/h4-5,11-12,15,18H,6-10H2,1-3H3;1H. The molecule has 1 fully saturated rings. The number of hydrogen-bond donors (Lipinski definition) is 1. The summed E-state index contributed by atoms with van der Waals surface area (Å²) < 4.78 is 27.4. The predicted octanol–water partition coefficient (Wildman–Crippen LogP) is 1.78. The number of carbonyl (C=O) groups excluding carboxylic acids is 1. The monoisotopic (exact) mass is 387 g/mol. The zero-order valence-electron chi connectivity index (χ0n) is 14.9. The molecule has 8 heteroatoms. The smallest absolute Gasteiger partial charge is 0.243 e. The Morgan fingerprint density at radius 1 is 1.28 bits per heavy atom. The molecule has 1 atom stereocenters.